The second-order valence-electron chi connectivity index (χ2n) is 4.76. The lowest BCUT2D eigenvalue weighted by molar-refractivity contribution is -0.115. The highest BCUT2D eigenvalue weighted by molar-refractivity contribution is 7.99. The molecular weight excluding hydrogens is 298 g/mol. The van der Waals surface area contributed by atoms with E-state index in [9.17, 15) is 4.79 Å². The molecule has 0 aliphatic heterocycles. The molecule has 0 aromatic carbocycles. The number of anilines is 1. The molecule has 0 atom stereocenters. The van der Waals surface area contributed by atoms with Crippen molar-refractivity contribution in [1.29, 1.82) is 0 Å². The van der Waals surface area contributed by atoms with E-state index < -0.39 is 0 Å². The van der Waals surface area contributed by atoms with Crippen LogP contribution in [-0.4, -0.2) is 31.8 Å². The molecule has 7 heteroatoms. The van der Waals surface area contributed by atoms with E-state index in [1.807, 2.05) is 31.2 Å². The van der Waals surface area contributed by atoms with Crippen LogP contribution in [0.1, 0.15) is 12.1 Å². The topological polar surface area (TPSA) is 83.6 Å². The third-order valence-corrected chi connectivity index (χ3v) is 4.05. The van der Waals surface area contributed by atoms with Gasteiger partial charge in [-0.05, 0) is 25.1 Å². The molecule has 0 radical (unpaired) electrons. The maximum absolute atomic E-state index is 12.0. The maximum atomic E-state index is 12.0. The van der Waals surface area contributed by atoms with Gasteiger partial charge in [0.1, 0.15) is 0 Å². The van der Waals surface area contributed by atoms with Crippen molar-refractivity contribution in [3.63, 3.8) is 0 Å². The molecule has 3 aromatic heterocycles. The van der Waals surface area contributed by atoms with Crippen molar-refractivity contribution in [3.05, 3.63) is 42.4 Å². The molecule has 1 amide bonds. The predicted octanol–water partition coefficient (Wildman–Crippen LogP) is 2.78. The van der Waals surface area contributed by atoms with Crippen molar-refractivity contribution in [2.45, 2.75) is 18.4 Å². The monoisotopic (exact) mass is 313 g/mol. The molecule has 0 bridgehead atoms. The summed E-state index contributed by atoms with van der Waals surface area (Å²) in [7, 11) is 0. The molecule has 6 nitrogen and oxygen atoms in total. The van der Waals surface area contributed by atoms with Crippen molar-refractivity contribution < 1.29 is 4.79 Å². The number of hydrogen-bond donors (Lipinski definition) is 2. The lowest BCUT2D eigenvalue weighted by atomic mass is 10.2. The second-order valence-corrected chi connectivity index (χ2v) is 5.87. The summed E-state index contributed by atoms with van der Waals surface area (Å²) in [5, 5.41) is 11.6. The van der Waals surface area contributed by atoms with Crippen LogP contribution >= 0.6 is 11.8 Å². The summed E-state index contributed by atoms with van der Waals surface area (Å²) in [4.78, 5) is 20.4. The fourth-order valence-electron chi connectivity index (χ4n) is 1.99. The molecule has 0 spiro atoms. The molecule has 112 valence electrons. The minimum atomic E-state index is -0.0364. The van der Waals surface area contributed by atoms with E-state index in [0.29, 0.717) is 23.5 Å². The number of carbonyl (C=O) groups is 1. The number of fused-ring (bicyclic) bond motifs is 1. The number of aryl methyl sites for hydroxylation is 1. The molecule has 2 N–H and O–H groups in total. The quantitative estimate of drug-likeness (QED) is 0.708. The minimum Gasteiger partial charge on any atom is -0.325 e. The highest BCUT2D eigenvalue weighted by Gasteiger charge is 2.07. The fraction of sp³-hybridized carbons (Fsp3) is 0.200. The van der Waals surface area contributed by atoms with Crippen molar-refractivity contribution in [3.8, 4) is 0 Å². The first-order valence-electron chi connectivity index (χ1n) is 6.87. The van der Waals surface area contributed by atoms with E-state index in [4.69, 9.17) is 0 Å². The summed E-state index contributed by atoms with van der Waals surface area (Å²) in [6.07, 6.45) is 3.78. The van der Waals surface area contributed by atoms with Gasteiger partial charge in [0.25, 0.3) is 0 Å². The van der Waals surface area contributed by atoms with Crippen molar-refractivity contribution in [2.24, 2.45) is 0 Å². The summed E-state index contributed by atoms with van der Waals surface area (Å²) in [5.74, 6) is 0.647. The number of H-pyrrole nitrogens is 1. The molecular formula is C15H15N5OS. The average molecular weight is 313 g/mol. The Kier molecular flexibility index (Phi) is 4.34. The van der Waals surface area contributed by atoms with E-state index in [1.54, 1.807) is 24.2 Å². The standard InChI is InChI=1S/C15H15N5OS/c1-10-12-8-11(9-17-15(12)20-19-10)18-13(21)5-7-22-14-4-2-3-6-16-14/h2-4,6,8-9H,5,7H2,1H3,(H,18,21)(H,17,19,20). The van der Waals surface area contributed by atoms with Gasteiger partial charge in [-0.1, -0.05) is 6.07 Å². The van der Waals surface area contributed by atoms with Gasteiger partial charge >= 0.3 is 0 Å². The fourth-order valence-corrected chi connectivity index (χ4v) is 2.80. The molecule has 3 aromatic rings. The van der Waals surface area contributed by atoms with E-state index in [2.05, 4.69) is 25.5 Å². The number of rotatable bonds is 5. The van der Waals surface area contributed by atoms with E-state index >= 15 is 0 Å². The molecule has 3 heterocycles. The number of carbonyl (C=O) groups excluding carboxylic acids is 1. The zero-order valence-corrected chi connectivity index (χ0v) is 12.9. The number of nitrogens with one attached hydrogen (secondary N) is 2. The Balaban J connectivity index is 1.55. The van der Waals surface area contributed by atoms with Gasteiger partial charge in [-0.2, -0.15) is 5.10 Å². The number of aromatic nitrogens is 4. The third kappa shape index (κ3) is 3.43. The molecule has 0 saturated carbocycles. The van der Waals surface area contributed by atoms with E-state index in [-0.39, 0.29) is 5.91 Å². The highest BCUT2D eigenvalue weighted by Crippen LogP contribution is 2.18. The second kappa shape index (κ2) is 6.57. The largest absolute Gasteiger partial charge is 0.325 e. The van der Waals surface area contributed by atoms with Crippen molar-refractivity contribution in [1.82, 2.24) is 20.2 Å². The predicted molar refractivity (Wildman–Crippen MR) is 86.8 cm³/mol. The van der Waals surface area contributed by atoms with Crippen LogP contribution in [0.5, 0.6) is 0 Å². The Hall–Kier alpha value is -2.41. The Morgan fingerprint density at radius 3 is 3.09 bits per heavy atom. The van der Waals surface area contributed by atoms with Crippen molar-refractivity contribution in [2.75, 3.05) is 11.1 Å². The summed E-state index contributed by atoms with van der Waals surface area (Å²) in [6.45, 7) is 1.92. The van der Waals surface area contributed by atoms with Crippen LogP contribution in [0.2, 0.25) is 0 Å². The van der Waals surface area contributed by atoms with E-state index in [1.165, 1.54) is 0 Å². The van der Waals surface area contributed by atoms with Gasteiger partial charge in [0.2, 0.25) is 5.91 Å². The number of thioether (sulfide) groups is 1. The number of amides is 1. The maximum Gasteiger partial charge on any atom is 0.225 e. The Morgan fingerprint density at radius 1 is 1.36 bits per heavy atom. The van der Waals surface area contributed by atoms with Gasteiger partial charge in [0, 0.05) is 29.5 Å². The molecule has 22 heavy (non-hydrogen) atoms. The zero-order chi connectivity index (χ0) is 15.4. The van der Waals surface area contributed by atoms with Crippen LogP contribution in [0, 0.1) is 6.92 Å². The Labute approximate surface area is 131 Å². The third-order valence-electron chi connectivity index (χ3n) is 3.10. The van der Waals surface area contributed by atoms with Crippen molar-refractivity contribution >= 4 is 34.4 Å². The SMILES string of the molecule is Cc1[nH]nc2ncc(NC(=O)CCSc3ccccn3)cc12. The van der Waals surface area contributed by atoms with Crippen LogP contribution < -0.4 is 5.32 Å². The first kappa shape index (κ1) is 14.5. The van der Waals surface area contributed by atoms with Crippen LogP contribution in [0.4, 0.5) is 5.69 Å². The molecule has 0 aliphatic rings. The van der Waals surface area contributed by atoms with Crippen LogP contribution in [-0.2, 0) is 4.79 Å². The summed E-state index contributed by atoms with van der Waals surface area (Å²) in [6, 6.07) is 7.62. The summed E-state index contributed by atoms with van der Waals surface area (Å²) < 4.78 is 0. The molecule has 3 rings (SSSR count). The van der Waals surface area contributed by atoms with Gasteiger partial charge in [-0.15, -0.1) is 11.8 Å². The highest BCUT2D eigenvalue weighted by atomic mass is 32.2. The number of nitrogens with zero attached hydrogens (tertiary/aromatic N) is 3. The summed E-state index contributed by atoms with van der Waals surface area (Å²) >= 11 is 1.56. The normalized spacial score (nSPS) is 10.8. The van der Waals surface area contributed by atoms with Gasteiger partial charge in [-0.3, -0.25) is 9.89 Å². The minimum absolute atomic E-state index is 0.0364. The van der Waals surface area contributed by atoms with E-state index in [0.717, 1.165) is 16.1 Å². The molecule has 0 saturated heterocycles. The zero-order valence-electron chi connectivity index (χ0n) is 12.0. The number of aromatic amines is 1. The smallest absolute Gasteiger partial charge is 0.225 e. The first-order valence-corrected chi connectivity index (χ1v) is 7.85. The first-order chi connectivity index (χ1) is 10.7. The van der Waals surface area contributed by atoms with Gasteiger partial charge < -0.3 is 5.32 Å². The average Bonchev–Trinajstić information content (AvgIpc) is 2.89. The molecule has 0 fully saturated rings. The molecule has 0 aliphatic carbocycles. The Bertz CT molecular complexity index is 787. The van der Waals surface area contributed by atoms with Crippen LogP contribution in [0.3, 0.4) is 0 Å². The molecule has 0 unspecified atom stereocenters. The van der Waals surface area contributed by atoms with Gasteiger partial charge in [-0.25, -0.2) is 9.97 Å². The van der Waals surface area contributed by atoms with Crippen LogP contribution in [0.15, 0.2) is 41.7 Å². The Morgan fingerprint density at radius 2 is 2.27 bits per heavy atom. The number of pyridine rings is 2. The lowest BCUT2D eigenvalue weighted by Crippen LogP contribution is -2.12. The van der Waals surface area contributed by atoms with Gasteiger partial charge in [0.15, 0.2) is 5.65 Å². The number of hydrogen-bond acceptors (Lipinski definition) is 5. The van der Waals surface area contributed by atoms with Crippen LogP contribution in [0.25, 0.3) is 11.0 Å². The van der Waals surface area contributed by atoms with Gasteiger partial charge in [0.05, 0.1) is 16.9 Å². The lowest BCUT2D eigenvalue weighted by Gasteiger charge is -2.05. The summed E-state index contributed by atoms with van der Waals surface area (Å²) in [5.41, 5.74) is 2.27.